The molecule has 2 aromatic carbocycles. The molecule has 0 N–H and O–H groups in total. The zero-order valence-corrected chi connectivity index (χ0v) is 15.1. The first-order valence-electron chi connectivity index (χ1n) is 6.92. The molecule has 2 aromatic rings. The van der Waals surface area contributed by atoms with Crippen LogP contribution in [0.2, 0.25) is 0 Å². The lowest BCUT2D eigenvalue weighted by atomic mass is 10.1. The number of ether oxygens (including phenoxy) is 2. The van der Waals surface area contributed by atoms with E-state index in [-0.39, 0.29) is 0 Å². The highest BCUT2D eigenvalue weighted by Gasteiger charge is 2.07. The Morgan fingerprint density at radius 3 is 1.96 bits per heavy atom. The topological polar surface area (TPSA) is 86.7 Å². The molecule has 0 aliphatic heterocycles. The van der Waals surface area contributed by atoms with Gasteiger partial charge in [-0.1, -0.05) is 28.1 Å². The third-order valence-electron chi connectivity index (χ3n) is 2.92. The molecule has 0 spiro atoms. The molecule has 0 aliphatic rings. The van der Waals surface area contributed by atoms with Crippen LogP contribution in [-0.4, -0.2) is 38.7 Å². The predicted molar refractivity (Wildman–Crippen MR) is 94.0 cm³/mol. The van der Waals surface area contributed by atoms with Gasteiger partial charge in [0.1, 0.15) is 12.6 Å². The number of aldehydes is 2. The van der Waals surface area contributed by atoms with Crippen LogP contribution in [0.1, 0.15) is 41.4 Å². The molecule has 130 valence electrons. The van der Waals surface area contributed by atoms with Crippen molar-refractivity contribution in [1.29, 1.82) is 0 Å². The summed E-state index contributed by atoms with van der Waals surface area (Å²) in [5.74, 6) is -0.886. The molecule has 0 bridgehead atoms. The summed E-state index contributed by atoms with van der Waals surface area (Å²) in [4.78, 5) is 42.8. The molecular formula is C18H15BrO6. The maximum Gasteiger partial charge on any atom is 0.337 e. The van der Waals surface area contributed by atoms with E-state index in [0.29, 0.717) is 39.3 Å². The predicted octanol–water partition coefficient (Wildman–Crippen LogP) is 3.33. The number of methoxy groups -OCH3 is 2. The Morgan fingerprint density at radius 2 is 1.40 bits per heavy atom. The fraction of sp³-hybridized carbons (Fsp3) is 0.111. The fourth-order valence-corrected chi connectivity index (χ4v) is 2.28. The normalized spacial score (nSPS) is 9.24. The zero-order valence-electron chi connectivity index (χ0n) is 13.5. The SMILES string of the molecule is COC(=O)c1cc(Br)cc(C=O)c1.COC(=O)c1cccc(C=O)c1. The first kappa shape index (κ1) is 20.2. The fourth-order valence-electron chi connectivity index (χ4n) is 1.77. The summed E-state index contributed by atoms with van der Waals surface area (Å²) in [6.07, 6.45) is 1.36. The monoisotopic (exact) mass is 406 g/mol. The van der Waals surface area contributed by atoms with E-state index in [0.717, 1.165) is 0 Å². The average Bonchev–Trinajstić information content (AvgIpc) is 2.66. The zero-order chi connectivity index (χ0) is 18.8. The number of benzene rings is 2. The summed E-state index contributed by atoms with van der Waals surface area (Å²) < 4.78 is 9.67. The molecule has 0 fully saturated rings. The molecule has 7 heteroatoms. The van der Waals surface area contributed by atoms with Gasteiger partial charge in [-0.05, 0) is 30.3 Å². The number of carbonyl (C=O) groups excluding carboxylic acids is 4. The van der Waals surface area contributed by atoms with Crippen molar-refractivity contribution in [2.75, 3.05) is 14.2 Å². The van der Waals surface area contributed by atoms with Crippen LogP contribution in [0.15, 0.2) is 46.9 Å². The lowest BCUT2D eigenvalue weighted by Gasteiger charge is -2.00. The van der Waals surface area contributed by atoms with E-state index in [4.69, 9.17) is 0 Å². The Labute approximate surface area is 152 Å². The van der Waals surface area contributed by atoms with Gasteiger partial charge in [-0.25, -0.2) is 9.59 Å². The van der Waals surface area contributed by atoms with Crippen molar-refractivity contribution in [1.82, 2.24) is 0 Å². The number of carbonyl (C=O) groups is 4. The smallest absolute Gasteiger partial charge is 0.337 e. The Hall–Kier alpha value is -2.80. The lowest BCUT2D eigenvalue weighted by Crippen LogP contribution is -2.01. The van der Waals surface area contributed by atoms with Crippen molar-refractivity contribution in [3.05, 3.63) is 69.2 Å². The maximum absolute atomic E-state index is 11.1. The summed E-state index contributed by atoms with van der Waals surface area (Å²) in [6.45, 7) is 0. The van der Waals surface area contributed by atoms with Gasteiger partial charge < -0.3 is 9.47 Å². The molecule has 0 aromatic heterocycles. The highest BCUT2D eigenvalue weighted by atomic mass is 79.9. The number of halogens is 1. The van der Waals surface area contributed by atoms with Crippen molar-refractivity contribution in [3.8, 4) is 0 Å². The molecule has 0 radical (unpaired) electrons. The van der Waals surface area contributed by atoms with Gasteiger partial charge in [-0.2, -0.15) is 0 Å². The Morgan fingerprint density at radius 1 is 0.840 bits per heavy atom. The van der Waals surface area contributed by atoms with Crippen molar-refractivity contribution in [2.45, 2.75) is 0 Å². The van der Waals surface area contributed by atoms with Crippen molar-refractivity contribution < 1.29 is 28.7 Å². The van der Waals surface area contributed by atoms with Gasteiger partial charge in [0.2, 0.25) is 0 Å². The van der Waals surface area contributed by atoms with Gasteiger partial charge in [0.25, 0.3) is 0 Å². The van der Waals surface area contributed by atoms with Gasteiger partial charge in [-0.15, -0.1) is 0 Å². The van der Waals surface area contributed by atoms with Crippen LogP contribution in [0.25, 0.3) is 0 Å². The van der Waals surface area contributed by atoms with Crippen LogP contribution in [0.5, 0.6) is 0 Å². The molecule has 25 heavy (non-hydrogen) atoms. The summed E-state index contributed by atoms with van der Waals surface area (Å²) in [6, 6.07) is 11.0. The van der Waals surface area contributed by atoms with Gasteiger partial charge in [0.05, 0.1) is 25.3 Å². The molecule has 0 atom stereocenters. The minimum absolute atomic E-state index is 0.360. The second-order valence-corrected chi connectivity index (χ2v) is 5.53. The first-order chi connectivity index (χ1) is 11.9. The number of hydrogen-bond acceptors (Lipinski definition) is 6. The van der Waals surface area contributed by atoms with E-state index in [2.05, 4.69) is 25.4 Å². The Balaban J connectivity index is 0.000000251. The van der Waals surface area contributed by atoms with Crippen molar-refractivity contribution in [2.24, 2.45) is 0 Å². The molecule has 0 saturated heterocycles. The summed E-state index contributed by atoms with van der Waals surface area (Å²) in [7, 11) is 2.60. The highest BCUT2D eigenvalue weighted by Crippen LogP contribution is 2.15. The largest absolute Gasteiger partial charge is 0.465 e. The summed E-state index contributed by atoms with van der Waals surface area (Å²) >= 11 is 3.18. The van der Waals surface area contributed by atoms with Gasteiger partial charge in [0, 0.05) is 15.6 Å². The molecule has 0 unspecified atom stereocenters. The minimum Gasteiger partial charge on any atom is -0.465 e. The second-order valence-electron chi connectivity index (χ2n) is 4.62. The van der Waals surface area contributed by atoms with E-state index in [9.17, 15) is 19.2 Å². The quantitative estimate of drug-likeness (QED) is 0.571. The Bertz CT molecular complexity index is 785. The van der Waals surface area contributed by atoms with Crippen LogP contribution >= 0.6 is 15.9 Å². The van der Waals surface area contributed by atoms with E-state index < -0.39 is 11.9 Å². The number of rotatable bonds is 4. The van der Waals surface area contributed by atoms with E-state index in [1.165, 1.54) is 26.4 Å². The average molecular weight is 407 g/mol. The molecular weight excluding hydrogens is 392 g/mol. The van der Waals surface area contributed by atoms with Crippen molar-refractivity contribution >= 4 is 40.4 Å². The molecule has 2 rings (SSSR count). The lowest BCUT2D eigenvalue weighted by molar-refractivity contribution is 0.0591. The highest BCUT2D eigenvalue weighted by molar-refractivity contribution is 9.10. The second kappa shape index (κ2) is 10.1. The van der Waals surface area contributed by atoms with Crippen LogP contribution in [0.3, 0.4) is 0 Å². The van der Waals surface area contributed by atoms with E-state index in [1.807, 2.05) is 0 Å². The number of esters is 2. The summed E-state index contributed by atoms with van der Waals surface area (Å²) in [5.41, 5.74) is 1.66. The molecule has 6 nitrogen and oxygen atoms in total. The standard InChI is InChI=1S/C9H7BrO3.C9H8O3/c1-13-9(12)7-2-6(5-11)3-8(10)4-7;1-12-9(11)8-4-2-3-7(5-8)6-10/h2-5H,1H3;2-6H,1H3. The van der Waals surface area contributed by atoms with Crippen LogP contribution in [0, 0.1) is 0 Å². The molecule has 0 heterocycles. The molecule has 0 saturated carbocycles. The van der Waals surface area contributed by atoms with Crippen LogP contribution in [-0.2, 0) is 9.47 Å². The van der Waals surface area contributed by atoms with Gasteiger partial charge in [-0.3, -0.25) is 9.59 Å². The first-order valence-corrected chi connectivity index (χ1v) is 7.72. The van der Waals surface area contributed by atoms with E-state index in [1.54, 1.807) is 30.3 Å². The van der Waals surface area contributed by atoms with Gasteiger partial charge >= 0.3 is 11.9 Å². The molecule has 0 amide bonds. The third kappa shape index (κ3) is 6.31. The maximum atomic E-state index is 11.1. The third-order valence-corrected chi connectivity index (χ3v) is 3.38. The number of hydrogen-bond donors (Lipinski definition) is 0. The minimum atomic E-state index is -0.454. The van der Waals surface area contributed by atoms with Crippen LogP contribution < -0.4 is 0 Å². The Kier molecular flexibility index (Phi) is 8.22. The van der Waals surface area contributed by atoms with Gasteiger partial charge in [0.15, 0.2) is 0 Å². The summed E-state index contributed by atoms with van der Waals surface area (Å²) in [5, 5.41) is 0. The van der Waals surface area contributed by atoms with Crippen LogP contribution in [0.4, 0.5) is 0 Å². The van der Waals surface area contributed by atoms with Crippen molar-refractivity contribution in [3.63, 3.8) is 0 Å². The molecule has 0 aliphatic carbocycles. The van der Waals surface area contributed by atoms with E-state index >= 15 is 0 Å².